The Morgan fingerprint density at radius 3 is 2.67 bits per heavy atom. The largest absolute Gasteiger partial charge is 0.373 e. The maximum atomic E-state index is 13.2. The number of ether oxygens (including phenoxy) is 1. The van der Waals surface area contributed by atoms with Crippen LogP contribution in [-0.4, -0.2) is 85.2 Å². The Balaban J connectivity index is 1.54. The van der Waals surface area contributed by atoms with E-state index in [1.165, 1.54) is 12.8 Å². The minimum atomic E-state index is 0.0841. The van der Waals surface area contributed by atoms with Crippen molar-refractivity contribution in [2.45, 2.75) is 37.5 Å². The molecule has 0 aromatic heterocycles. The van der Waals surface area contributed by atoms with Gasteiger partial charge in [0.2, 0.25) is 5.91 Å². The molecule has 1 aromatic rings. The molecular formula is C20H27Cl2N3O2. The van der Waals surface area contributed by atoms with Gasteiger partial charge >= 0.3 is 0 Å². The summed E-state index contributed by atoms with van der Waals surface area (Å²) in [6, 6.07) is 5.91. The van der Waals surface area contributed by atoms with Crippen LogP contribution in [0.1, 0.15) is 18.4 Å². The molecule has 0 saturated carbocycles. The van der Waals surface area contributed by atoms with Gasteiger partial charge in [-0.1, -0.05) is 29.3 Å². The standard InChI is InChI=1S/C20H27Cl2N3O2/c1-23-12-17(24-6-2-3-7-24)20-18(13-23)27-9-8-25(20)19(26)11-14-4-5-15(21)16(22)10-14/h4-5,10,17-18,20H,2-3,6-9,11-13H2,1H3. The lowest BCUT2D eigenvalue weighted by molar-refractivity contribution is -0.160. The highest BCUT2D eigenvalue weighted by Crippen LogP contribution is 2.29. The van der Waals surface area contributed by atoms with Crippen LogP contribution in [0.15, 0.2) is 18.2 Å². The zero-order valence-corrected chi connectivity index (χ0v) is 17.3. The zero-order valence-electron chi connectivity index (χ0n) is 15.7. The van der Waals surface area contributed by atoms with Crippen molar-refractivity contribution in [3.63, 3.8) is 0 Å². The molecular weight excluding hydrogens is 385 g/mol. The fourth-order valence-corrected chi connectivity index (χ4v) is 5.12. The van der Waals surface area contributed by atoms with Gasteiger partial charge in [-0.15, -0.1) is 0 Å². The summed E-state index contributed by atoms with van der Waals surface area (Å²) in [6.07, 6.45) is 2.93. The number of amides is 1. The van der Waals surface area contributed by atoms with Gasteiger partial charge in [-0.05, 0) is 50.7 Å². The summed E-state index contributed by atoms with van der Waals surface area (Å²) in [5, 5.41) is 1.01. The summed E-state index contributed by atoms with van der Waals surface area (Å²) >= 11 is 12.1. The normalized spacial score (nSPS) is 29.7. The van der Waals surface area contributed by atoms with Crippen LogP contribution in [0.5, 0.6) is 0 Å². The van der Waals surface area contributed by atoms with Gasteiger partial charge in [0, 0.05) is 25.7 Å². The minimum Gasteiger partial charge on any atom is -0.373 e. The van der Waals surface area contributed by atoms with Crippen LogP contribution >= 0.6 is 23.2 Å². The maximum Gasteiger partial charge on any atom is 0.227 e. The van der Waals surface area contributed by atoms with E-state index < -0.39 is 0 Å². The number of halogens is 2. The highest BCUT2D eigenvalue weighted by atomic mass is 35.5. The van der Waals surface area contributed by atoms with E-state index in [9.17, 15) is 4.79 Å². The van der Waals surface area contributed by atoms with Gasteiger partial charge in [-0.3, -0.25) is 9.69 Å². The molecule has 3 unspecified atom stereocenters. The van der Waals surface area contributed by atoms with Crippen LogP contribution < -0.4 is 0 Å². The van der Waals surface area contributed by atoms with Crippen molar-refractivity contribution >= 4 is 29.1 Å². The number of piperidine rings is 1. The molecule has 3 fully saturated rings. The molecule has 0 bridgehead atoms. The molecule has 3 aliphatic rings. The second-order valence-electron chi connectivity index (χ2n) is 7.94. The van der Waals surface area contributed by atoms with Crippen LogP contribution in [0.2, 0.25) is 10.0 Å². The summed E-state index contributed by atoms with van der Waals surface area (Å²) in [5.74, 6) is 0.153. The average Bonchev–Trinajstić information content (AvgIpc) is 3.18. The van der Waals surface area contributed by atoms with Crippen LogP contribution in [0.3, 0.4) is 0 Å². The highest BCUT2D eigenvalue weighted by Gasteiger charge is 2.46. The molecule has 0 aliphatic carbocycles. The molecule has 3 atom stereocenters. The predicted octanol–water partition coefficient (Wildman–Crippen LogP) is 2.54. The molecule has 3 aliphatic heterocycles. The van der Waals surface area contributed by atoms with Crippen LogP contribution in [0.25, 0.3) is 0 Å². The number of carbonyl (C=O) groups is 1. The number of hydrogen-bond acceptors (Lipinski definition) is 4. The first-order chi connectivity index (χ1) is 13.0. The monoisotopic (exact) mass is 411 g/mol. The summed E-state index contributed by atoms with van der Waals surface area (Å²) in [7, 11) is 2.15. The zero-order chi connectivity index (χ0) is 19.0. The summed E-state index contributed by atoms with van der Waals surface area (Å²) in [4.78, 5) is 20.2. The van der Waals surface area contributed by atoms with E-state index in [0.717, 1.165) is 31.7 Å². The molecule has 1 amide bonds. The van der Waals surface area contributed by atoms with E-state index >= 15 is 0 Å². The van der Waals surface area contributed by atoms with E-state index in [-0.39, 0.29) is 18.1 Å². The number of rotatable bonds is 3. The Kier molecular flexibility index (Phi) is 5.95. The topological polar surface area (TPSA) is 36.0 Å². The third-order valence-electron chi connectivity index (χ3n) is 6.06. The lowest BCUT2D eigenvalue weighted by Crippen LogP contribution is -2.69. The SMILES string of the molecule is CN1CC2OCCN(C(=O)Cc3ccc(Cl)c(Cl)c3)C2C(N2CCCC2)C1. The van der Waals surface area contributed by atoms with Gasteiger partial charge in [0.05, 0.1) is 35.2 Å². The number of benzene rings is 1. The first-order valence-corrected chi connectivity index (χ1v) is 10.6. The molecule has 27 heavy (non-hydrogen) atoms. The quantitative estimate of drug-likeness (QED) is 0.765. The van der Waals surface area contributed by atoms with Crippen molar-refractivity contribution < 1.29 is 9.53 Å². The Labute approximate surface area is 171 Å². The van der Waals surface area contributed by atoms with Crippen LogP contribution in [0, 0.1) is 0 Å². The van der Waals surface area contributed by atoms with E-state index in [2.05, 4.69) is 21.7 Å². The van der Waals surface area contributed by atoms with E-state index in [0.29, 0.717) is 35.7 Å². The van der Waals surface area contributed by atoms with Gasteiger partial charge < -0.3 is 14.5 Å². The van der Waals surface area contributed by atoms with Gasteiger partial charge in [0.1, 0.15) is 0 Å². The number of likely N-dealkylation sites (N-methyl/N-ethyl adjacent to an activating group) is 1. The number of carbonyl (C=O) groups excluding carboxylic acids is 1. The van der Waals surface area contributed by atoms with Crippen molar-refractivity contribution in [1.82, 2.24) is 14.7 Å². The molecule has 0 N–H and O–H groups in total. The third kappa shape index (κ3) is 4.13. The van der Waals surface area contributed by atoms with Crippen molar-refractivity contribution in [2.75, 3.05) is 46.4 Å². The van der Waals surface area contributed by atoms with Crippen molar-refractivity contribution in [1.29, 1.82) is 0 Å². The molecule has 4 rings (SSSR count). The van der Waals surface area contributed by atoms with Gasteiger partial charge in [-0.2, -0.15) is 0 Å². The lowest BCUT2D eigenvalue weighted by atomic mass is 9.92. The first-order valence-electron chi connectivity index (χ1n) is 9.80. The predicted molar refractivity (Wildman–Crippen MR) is 107 cm³/mol. The molecule has 7 heteroatoms. The van der Waals surface area contributed by atoms with E-state index in [1.807, 2.05) is 6.07 Å². The first kappa shape index (κ1) is 19.5. The summed E-state index contributed by atoms with van der Waals surface area (Å²) in [6.45, 7) is 5.38. The molecule has 5 nitrogen and oxygen atoms in total. The molecule has 3 heterocycles. The third-order valence-corrected chi connectivity index (χ3v) is 6.80. The number of hydrogen-bond donors (Lipinski definition) is 0. The second-order valence-corrected chi connectivity index (χ2v) is 8.76. The Morgan fingerprint density at radius 2 is 1.93 bits per heavy atom. The Morgan fingerprint density at radius 1 is 1.15 bits per heavy atom. The Hall–Kier alpha value is -0.850. The van der Waals surface area contributed by atoms with Crippen molar-refractivity contribution in [3.8, 4) is 0 Å². The average molecular weight is 412 g/mol. The number of fused-ring (bicyclic) bond motifs is 1. The molecule has 1 aromatic carbocycles. The van der Waals surface area contributed by atoms with Crippen LogP contribution in [-0.2, 0) is 16.0 Å². The van der Waals surface area contributed by atoms with E-state index in [1.54, 1.807) is 12.1 Å². The van der Waals surface area contributed by atoms with Crippen molar-refractivity contribution in [2.24, 2.45) is 0 Å². The van der Waals surface area contributed by atoms with Gasteiger partial charge in [0.15, 0.2) is 0 Å². The van der Waals surface area contributed by atoms with E-state index in [4.69, 9.17) is 27.9 Å². The molecule has 0 radical (unpaired) electrons. The van der Waals surface area contributed by atoms with Gasteiger partial charge in [0.25, 0.3) is 0 Å². The molecule has 3 saturated heterocycles. The maximum absolute atomic E-state index is 13.2. The fraction of sp³-hybridized carbons (Fsp3) is 0.650. The smallest absolute Gasteiger partial charge is 0.227 e. The highest BCUT2D eigenvalue weighted by molar-refractivity contribution is 6.42. The lowest BCUT2D eigenvalue weighted by Gasteiger charge is -2.52. The van der Waals surface area contributed by atoms with Crippen molar-refractivity contribution in [3.05, 3.63) is 33.8 Å². The number of likely N-dealkylation sites (tertiary alicyclic amines) is 2. The fourth-order valence-electron chi connectivity index (χ4n) is 4.80. The summed E-state index contributed by atoms with van der Waals surface area (Å²) in [5.41, 5.74) is 0.906. The number of morpholine rings is 1. The molecule has 0 spiro atoms. The van der Waals surface area contributed by atoms with Gasteiger partial charge in [-0.25, -0.2) is 0 Å². The molecule has 148 valence electrons. The number of nitrogens with zero attached hydrogens (tertiary/aromatic N) is 3. The summed E-state index contributed by atoms with van der Waals surface area (Å²) < 4.78 is 6.11. The minimum absolute atomic E-state index is 0.0841. The Bertz CT molecular complexity index is 696. The van der Waals surface area contributed by atoms with Crippen LogP contribution in [0.4, 0.5) is 0 Å². The second kappa shape index (κ2) is 8.26.